The van der Waals surface area contributed by atoms with Gasteiger partial charge in [0.25, 0.3) is 0 Å². The summed E-state index contributed by atoms with van der Waals surface area (Å²) in [6, 6.07) is 1.67. The molecule has 16 heavy (non-hydrogen) atoms. The molecule has 0 radical (unpaired) electrons. The van der Waals surface area contributed by atoms with Gasteiger partial charge in [-0.1, -0.05) is 11.6 Å². The lowest BCUT2D eigenvalue weighted by Gasteiger charge is -2.06. The number of amides is 1. The number of carboxylic acids is 1. The predicted octanol–water partition coefficient (Wildman–Crippen LogP) is 1.85. The molecular weight excluding hydrogens is 232 g/mol. The second kappa shape index (κ2) is 5.46. The van der Waals surface area contributed by atoms with Gasteiger partial charge in [0.05, 0.1) is 12.1 Å². The predicted molar refractivity (Wildman–Crippen MR) is 59.5 cm³/mol. The van der Waals surface area contributed by atoms with Gasteiger partial charge in [-0.05, 0) is 18.6 Å². The highest BCUT2D eigenvalue weighted by atomic mass is 35.5. The summed E-state index contributed by atoms with van der Waals surface area (Å²) in [5.41, 5.74) is 1.26. The van der Waals surface area contributed by atoms with E-state index in [-0.39, 0.29) is 18.0 Å². The summed E-state index contributed by atoms with van der Waals surface area (Å²) >= 11 is 5.76. The summed E-state index contributed by atoms with van der Waals surface area (Å²) in [6.07, 6.45) is 1.29. The van der Waals surface area contributed by atoms with Crippen molar-refractivity contribution >= 4 is 29.2 Å². The second-order valence-electron chi connectivity index (χ2n) is 3.29. The smallest absolute Gasteiger partial charge is 0.303 e. The minimum Gasteiger partial charge on any atom is -0.481 e. The fourth-order valence-electron chi connectivity index (χ4n) is 1.07. The molecule has 86 valence electrons. The number of anilines is 1. The van der Waals surface area contributed by atoms with Crippen molar-refractivity contribution < 1.29 is 14.7 Å². The van der Waals surface area contributed by atoms with Crippen LogP contribution in [0.1, 0.15) is 18.4 Å². The number of aromatic nitrogens is 1. The number of nitrogens with zero attached hydrogens (tertiary/aromatic N) is 1. The van der Waals surface area contributed by atoms with Crippen LogP contribution in [0.25, 0.3) is 0 Å². The third-order valence-corrected chi connectivity index (χ3v) is 2.12. The van der Waals surface area contributed by atoms with E-state index in [0.717, 1.165) is 5.56 Å². The normalized spacial score (nSPS) is 9.88. The highest BCUT2D eigenvalue weighted by molar-refractivity contribution is 6.32. The molecule has 0 fully saturated rings. The van der Waals surface area contributed by atoms with E-state index in [2.05, 4.69) is 10.3 Å². The topological polar surface area (TPSA) is 79.3 Å². The number of hydrogen-bond acceptors (Lipinski definition) is 3. The Bertz CT molecular complexity index is 421. The van der Waals surface area contributed by atoms with E-state index in [1.807, 2.05) is 6.92 Å². The Morgan fingerprint density at radius 2 is 2.19 bits per heavy atom. The zero-order chi connectivity index (χ0) is 12.1. The molecule has 0 atom stereocenters. The Labute approximate surface area is 97.4 Å². The first-order valence-electron chi connectivity index (χ1n) is 4.63. The molecule has 1 heterocycles. The molecule has 0 saturated heterocycles. The van der Waals surface area contributed by atoms with Gasteiger partial charge in [0.15, 0.2) is 5.15 Å². The molecular formula is C10H11ClN2O3. The van der Waals surface area contributed by atoms with E-state index >= 15 is 0 Å². The number of carbonyl (C=O) groups is 2. The summed E-state index contributed by atoms with van der Waals surface area (Å²) < 4.78 is 0. The van der Waals surface area contributed by atoms with Gasteiger partial charge in [-0.3, -0.25) is 9.59 Å². The van der Waals surface area contributed by atoms with E-state index in [1.165, 1.54) is 0 Å². The fraction of sp³-hybridized carbons (Fsp3) is 0.300. The number of rotatable bonds is 4. The molecule has 0 aliphatic carbocycles. The number of carboxylic acid groups (broad SMARTS) is 1. The average Bonchev–Trinajstić information content (AvgIpc) is 2.20. The van der Waals surface area contributed by atoms with E-state index < -0.39 is 11.9 Å². The van der Waals surface area contributed by atoms with Crippen LogP contribution in [0.5, 0.6) is 0 Å². The van der Waals surface area contributed by atoms with Crippen LogP contribution >= 0.6 is 11.6 Å². The van der Waals surface area contributed by atoms with Crippen molar-refractivity contribution in [3.8, 4) is 0 Å². The Morgan fingerprint density at radius 1 is 1.50 bits per heavy atom. The number of carbonyl (C=O) groups excluding carboxylic acids is 1. The van der Waals surface area contributed by atoms with Crippen LogP contribution in [0.15, 0.2) is 12.3 Å². The second-order valence-corrected chi connectivity index (χ2v) is 3.65. The van der Waals surface area contributed by atoms with Gasteiger partial charge in [-0.25, -0.2) is 4.98 Å². The highest BCUT2D eigenvalue weighted by Crippen LogP contribution is 2.19. The Morgan fingerprint density at radius 3 is 2.81 bits per heavy atom. The molecule has 0 aromatic carbocycles. The Kier molecular flexibility index (Phi) is 4.25. The van der Waals surface area contributed by atoms with E-state index in [0.29, 0.717) is 5.69 Å². The lowest BCUT2D eigenvalue weighted by molar-refractivity contribution is -0.138. The minimum atomic E-state index is -1.01. The molecule has 0 aliphatic rings. The standard InChI is InChI=1S/C10H11ClN2O3/c1-6-4-7(10(11)12-5-6)13-8(14)2-3-9(15)16/h4-5H,2-3H2,1H3,(H,13,14)(H,15,16). The van der Waals surface area contributed by atoms with Gasteiger partial charge >= 0.3 is 5.97 Å². The molecule has 1 rings (SSSR count). The number of halogens is 1. The zero-order valence-electron chi connectivity index (χ0n) is 8.66. The molecule has 0 saturated carbocycles. The number of nitrogens with one attached hydrogen (secondary N) is 1. The zero-order valence-corrected chi connectivity index (χ0v) is 9.41. The number of hydrogen-bond donors (Lipinski definition) is 2. The SMILES string of the molecule is Cc1cnc(Cl)c(NC(=O)CCC(=O)O)c1. The molecule has 5 nitrogen and oxygen atoms in total. The van der Waals surface area contributed by atoms with Crippen molar-refractivity contribution in [1.29, 1.82) is 0 Å². The van der Waals surface area contributed by atoms with Crippen molar-refractivity contribution in [3.63, 3.8) is 0 Å². The summed E-state index contributed by atoms with van der Waals surface area (Å²) in [6.45, 7) is 1.82. The molecule has 0 unspecified atom stereocenters. The van der Waals surface area contributed by atoms with E-state index in [4.69, 9.17) is 16.7 Å². The maximum atomic E-state index is 11.3. The third-order valence-electron chi connectivity index (χ3n) is 1.82. The molecule has 1 aromatic rings. The van der Waals surface area contributed by atoms with Gasteiger partial charge in [-0.15, -0.1) is 0 Å². The van der Waals surface area contributed by atoms with Crippen molar-refractivity contribution in [2.75, 3.05) is 5.32 Å². The quantitative estimate of drug-likeness (QED) is 0.790. The van der Waals surface area contributed by atoms with Crippen LogP contribution in [-0.2, 0) is 9.59 Å². The first-order chi connectivity index (χ1) is 7.49. The summed E-state index contributed by atoms with van der Waals surface area (Å²) in [4.78, 5) is 25.4. The number of pyridine rings is 1. The molecule has 1 aromatic heterocycles. The van der Waals surface area contributed by atoms with Crippen LogP contribution < -0.4 is 5.32 Å². The van der Waals surface area contributed by atoms with Crippen LogP contribution in [0, 0.1) is 6.92 Å². The molecule has 0 bridgehead atoms. The summed E-state index contributed by atoms with van der Waals surface area (Å²) in [7, 11) is 0. The van der Waals surface area contributed by atoms with Crippen LogP contribution in [0.2, 0.25) is 5.15 Å². The molecule has 0 spiro atoms. The lowest BCUT2D eigenvalue weighted by Crippen LogP contribution is -2.13. The first-order valence-corrected chi connectivity index (χ1v) is 5.00. The molecule has 6 heteroatoms. The van der Waals surface area contributed by atoms with Crippen molar-refractivity contribution in [3.05, 3.63) is 23.0 Å². The maximum Gasteiger partial charge on any atom is 0.303 e. The first kappa shape index (κ1) is 12.4. The van der Waals surface area contributed by atoms with Crippen molar-refractivity contribution in [2.45, 2.75) is 19.8 Å². The monoisotopic (exact) mass is 242 g/mol. The Hall–Kier alpha value is -1.62. The molecule has 0 aliphatic heterocycles. The molecule has 1 amide bonds. The van der Waals surface area contributed by atoms with Crippen molar-refractivity contribution in [2.24, 2.45) is 0 Å². The summed E-state index contributed by atoms with van der Waals surface area (Å²) in [5.74, 6) is -1.40. The van der Waals surface area contributed by atoms with Gasteiger partial charge in [-0.2, -0.15) is 0 Å². The van der Waals surface area contributed by atoms with Gasteiger partial charge in [0.1, 0.15) is 0 Å². The van der Waals surface area contributed by atoms with E-state index in [1.54, 1.807) is 12.3 Å². The van der Waals surface area contributed by atoms with Crippen LogP contribution in [0.3, 0.4) is 0 Å². The Balaban J connectivity index is 2.62. The van der Waals surface area contributed by atoms with E-state index in [9.17, 15) is 9.59 Å². The lowest BCUT2D eigenvalue weighted by atomic mass is 10.2. The largest absolute Gasteiger partial charge is 0.481 e. The highest BCUT2D eigenvalue weighted by Gasteiger charge is 2.08. The van der Waals surface area contributed by atoms with Crippen LogP contribution in [-0.4, -0.2) is 22.0 Å². The van der Waals surface area contributed by atoms with Gasteiger partial charge < -0.3 is 10.4 Å². The minimum absolute atomic E-state index is 0.0837. The molecule has 2 N–H and O–H groups in total. The van der Waals surface area contributed by atoms with Crippen molar-refractivity contribution in [1.82, 2.24) is 4.98 Å². The summed E-state index contributed by atoms with van der Waals surface area (Å²) in [5, 5.41) is 11.1. The number of aliphatic carboxylic acids is 1. The average molecular weight is 243 g/mol. The maximum absolute atomic E-state index is 11.3. The van der Waals surface area contributed by atoms with Gasteiger partial charge in [0.2, 0.25) is 5.91 Å². The van der Waals surface area contributed by atoms with Crippen LogP contribution in [0.4, 0.5) is 5.69 Å². The van der Waals surface area contributed by atoms with Gasteiger partial charge in [0, 0.05) is 12.6 Å². The fourth-order valence-corrected chi connectivity index (χ4v) is 1.22. The third kappa shape index (κ3) is 3.86. The number of aryl methyl sites for hydroxylation is 1.